The van der Waals surface area contributed by atoms with E-state index in [9.17, 15) is 32.6 Å². The molecule has 1 atom stereocenters. The number of carbonyl (C=O) groups excluding carboxylic acids is 1. The number of allylic oxidation sites excluding steroid dienone is 1. The number of halogens is 5. The number of carbonyl (C=O) groups is 1. The molecule has 0 fully saturated rings. The zero-order valence-corrected chi connectivity index (χ0v) is 17.0. The van der Waals surface area contributed by atoms with Crippen molar-refractivity contribution in [2.45, 2.75) is 17.4 Å². The van der Waals surface area contributed by atoms with Gasteiger partial charge >= 0.3 is 10.2 Å². The van der Waals surface area contributed by atoms with Crippen LogP contribution in [0.2, 0.25) is 0 Å². The number of hydrogen-bond donors (Lipinski definition) is 1. The van der Waals surface area contributed by atoms with Crippen LogP contribution in [0.3, 0.4) is 0 Å². The van der Waals surface area contributed by atoms with E-state index >= 15 is 0 Å². The monoisotopic (exact) mass is 471 g/mol. The van der Waals surface area contributed by atoms with Crippen LogP contribution >= 0.6 is 10.2 Å². The van der Waals surface area contributed by atoms with Gasteiger partial charge in [-0.05, 0) is 35.4 Å². The van der Waals surface area contributed by atoms with Gasteiger partial charge in [0.05, 0.1) is 24.8 Å². The lowest BCUT2D eigenvalue weighted by Gasteiger charge is -2.40. The van der Waals surface area contributed by atoms with E-state index in [1.807, 2.05) is 0 Å². The second-order valence-electron chi connectivity index (χ2n) is 6.97. The quantitative estimate of drug-likeness (QED) is 0.644. The fraction of sp³-hybridized carbons (Fsp3) is 0.294. The minimum atomic E-state index is -9.79. The van der Waals surface area contributed by atoms with Gasteiger partial charge in [0.1, 0.15) is 4.90 Å². The van der Waals surface area contributed by atoms with Crippen LogP contribution in [0.25, 0.3) is 0 Å². The number of hydrogen-bond acceptors (Lipinski definition) is 5. The van der Waals surface area contributed by atoms with Gasteiger partial charge < -0.3 is 10.3 Å². The molecule has 2 aliphatic rings. The van der Waals surface area contributed by atoms with E-state index < -0.39 is 36.9 Å². The summed E-state index contributed by atoms with van der Waals surface area (Å²) in [6.07, 6.45) is 4.13. The molecule has 1 amide bonds. The van der Waals surface area contributed by atoms with E-state index in [0.717, 1.165) is 23.1 Å². The number of rotatable bonds is 6. The Kier molecular flexibility index (Phi) is 5.05. The lowest BCUT2D eigenvalue weighted by Crippen LogP contribution is -2.44. The fourth-order valence-electron chi connectivity index (χ4n) is 3.01. The van der Waals surface area contributed by atoms with Crippen molar-refractivity contribution in [2.75, 3.05) is 18.8 Å². The van der Waals surface area contributed by atoms with Crippen molar-refractivity contribution in [2.24, 2.45) is 5.10 Å². The minimum absolute atomic E-state index is 0.0753. The lowest BCUT2D eigenvalue weighted by atomic mass is 10.1. The Morgan fingerprint density at radius 3 is 2.33 bits per heavy atom. The van der Waals surface area contributed by atoms with Crippen molar-refractivity contribution >= 4 is 32.2 Å². The summed E-state index contributed by atoms with van der Waals surface area (Å²) in [5.74, 6) is -0.860. The van der Waals surface area contributed by atoms with Crippen molar-refractivity contribution in [1.82, 2.24) is 10.3 Å². The van der Waals surface area contributed by atoms with E-state index in [1.165, 1.54) is 17.2 Å². The highest BCUT2D eigenvalue weighted by atomic mass is 32.5. The van der Waals surface area contributed by atoms with Crippen molar-refractivity contribution in [3.05, 3.63) is 53.0 Å². The average Bonchev–Trinajstić information content (AvgIpc) is 2.98. The average molecular weight is 471 g/mol. The SMILES string of the molecule is O=C(Cc1ccc(S(F)(F)(F)(F)F)cc1)N(CC1=CC=NNC1)C1C=CS(=O)(=O)C1. The van der Waals surface area contributed by atoms with Gasteiger partial charge in [0.15, 0.2) is 9.84 Å². The predicted molar refractivity (Wildman–Crippen MR) is 105 cm³/mol. The summed E-state index contributed by atoms with van der Waals surface area (Å²) in [5.41, 5.74) is 3.55. The molecule has 2 heterocycles. The first-order valence-electron chi connectivity index (χ1n) is 8.60. The first kappa shape index (κ1) is 22.3. The van der Waals surface area contributed by atoms with Crippen LogP contribution in [0.1, 0.15) is 5.56 Å². The molecule has 1 aromatic rings. The zero-order valence-electron chi connectivity index (χ0n) is 15.4. The third-order valence-electron chi connectivity index (χ3n) is 4.51. The maximum absolute atomic E-state index is 12.8. The molecule has 3 rings (SSSR count). The Morgan fingerprint density at radius 1 is 1.17 bits per heavy atom. The van der Waals surface area contributed by atoms with Crippen molar-refractivity contribution < 1.29 is 32.6 Å². The van der Waals surface area contributed by atoms with Crippen molar-refractivity contribution in [1.29, 1.82) is 0 Å². The van der Waals surface area contributed by atoms with Gasteiger partial charge in [-0.2, -0.15) is 5.10 Å². The summed E-state index contributed by atoms with van der Waals surface area (Å²) in [4.78, 5) is 12.1. The molecule has 0 radical (unpaired) electrons. The van der Waals surface area contributed by atoms with E-state index in [4.69, 9.17) is 0 Å². The third-order valence-corrected chi connectivity index (χ3v) is 7.05. The maximum Gasteiger partial charge on any atom is 0.310 e. The normalized spacial score (nSPS) is 22.6. The molecule has 1 aromatic carbocycles. The van der Waals surface area contributed by atoms with E-state index in [1.54, 1.807) is 6.08 Å². The van der Waals surface area contributed by atoms with Gasteiger partial charge in [-0.15, -0.1) is 0 Å². The van der Waals surface area contributed by atoms with E-state index in [0.29, 0.717) is 6.54 Å². The molecule has 13 heteroatoms. The van der Waals surface area contributed by atoms with Gasteiger partial charge in [-0.1, -0.05) is 31.6 Å². The molecule has 0 saturated carbocycles. The predicted octanol–water partition coefficient (Wildman–Crippen LogP) is 3.54. The number of hydrazone groups is 1. The molecular weight excluding hydrogens is 453 g/mol. The summed E-state index contributed by atoms with van der Waals surface area (Å²) in [5, 5.41) is 4.80. The van der Waals surface area contributed by atoms with Crippen molar-refractivity contribution in [3.63, 3.8) is 0 Å². The number of nitrogens with one attached hydrogen (secondary N) is 1. The standard InChI is InChI=1S/C17H18F5N3O3S2/c18-30(19,20,21,22)16-3-1-13(2-4-16)9-17(26)25(11-14-5-7-23-24-10-14)15-6-8-29(27,28)12-15/h1-8,15,24H,9-12H2. The van der Waals surface area contributed by atoms with Crippen LogP contribution < -0.4 is 5.43 Å². The van der Waals surface area contributed by atoms with Crippen LogP contribution in [0.5, 0.6) is 0 Å². The summed E-state index contributed by atoms with van der Waals surface area (Å²) in [6, 6.07) is 1.39. The highest BCUT2D eigenvalue weighted by Gasteiger charge is 2.65. The third kappa shape index (κ3) is 5.59. The summed E-state index contributed by atoms with van der Waals surface area (Å²) < 4.78 is 87.8. The fourth-order valence-corrected chi connectivity index (χ4v) is 4.96. The Labute approximate surface area is 169 Å². The minimum Gasteiger partial charge on any atom is -0.331 e. The van der Waals surface area contributed by atoms with Gasteiger partial charge in [0.25, 0.3) is 0 Å². The number of amides is 1. The highest BCUT2D eigenvalue weighted by molar-refractivity contribution is 8.45. The van der Waals surface area contributed by atoms with Gasteiger partial charge in [0, 0.05) is 18.2 Å². The molecule has 0 aliphatic carbocycles. The van der Waals surface area contributed by atoms with Crippen LogP contribution in [0.4, 0.5) is 19.4 Å². The molecule has 0 aromatic heterocycles. The molecule has 0 saturated heterocycles. The molecule has 1 unspecified atom stereocenters. The number of nitrogens with zero attached hydrogens (tertiary/aromatic N) is 2. The Hall–Kier alpha value is -2.41. The van der Waals surface area contributed by atoms with E-state index in [-0.39, 0.29) is 36.4 Å². The highest BCUT2D eigenvalue weighted by Crippen LogP contribution is 3.02. The van der Waals surface area contributed by atoms with Crippen molar-refractivity contribution in [3.8, 4) is 0 Å². The largest absolute Gasteiger partial charge is 0.331 e. The second-order valence-corrected chi connectivity index (χ2v) is 11.3. The molecule has 0 spiro atoms. The van der Waals surface area contributed by atoms with E-state index in [2.05, 4.69) is 10.5 Å². The Bertz CT molecular complexity index is 1050. The molecule has 1 N–H and O–H groups in total. The van der Waals surface area contributed by atoms with Gasteiger partial charge in [-0.25, -0.2) is 8.42 Å². The van der Waals surface area contributed by atoms with Crippen LogP contribution in [0, 0.1) is 0 Å². The summed E-state index contributed by atoms with van der Waals surface area (Å²) in [6.45, 7) is 0.411. The van der Waals surface area contributed by atoms with Gasteiger partial charge in [-0.3, -0.25) is 4.79 Å². The Morgan fingerprint density at radius 2 is 1.83 bits per heavy atom. The number of benzene rings is 1. The molecule has 0 bridgehead atoms. The first-order chi connectivity index (χ1) is 13.6. The topological polar surface area (TPSA) is 78.8 Å². The summed E-state index contributed by atoms with van der Waals surface area (Å²) >= 11 is 0. The second kappa shape index (κ2) is 6.80. The Balaban J connectivity index is 1.80. The maximum atomic E-state index is 12.8. The lowest BCUT2D eigenvalue weighted by molar-refractivity contribution is -0.131. The summed E-state index contributed by atoms with van der Waals surface area (Å²) in [7, 11) is -13.3. The van der Waals surface area contributed by atoms with Crippen LogP contribution in [-0.2, 0) is 21.1 Å². The molecule has 2 aliphatic heterocycles. The zero-order chi connectivity index (χ0) is 22.3. The molecule has 30 heavy (non-hydrogen) atoms. The number of sulfone groups is 1. The smallest absolute Gasteiger partial charge is 0.310 e. The van der Waals surface area contributed by atoms with Crippen LogP contribution in [-0.4, -0.2) is 50.3 Å². The van der Waals surface area contributed by atoms with Crippen LogP contribution in [0.15, 0.2) is 57.4 Å². The molecule has 6 nitrogen and oxygen atoms in total. The first-order valence-corrected chi connectivity index (χ1v) is 12.3. The van der Waals surface area contributed by atoms with Gasteiger partial charge in [0.2, 0.25) is 5.91 Å². The molecular formula is C17H18F5N3O3S2. The molecule has 166 valence electrons.